The van der Waals surface area contributed by atoms with Crippen molar-refractivity contribution in [2.45, 2.75) is 46.7 Å². The second kappa shape index (κ2) is 7.18. The molecule has 0 atom stereocenters. The number of rotatable bonds is 5. The summed E-state index contributed by atoms with van der Waals surface area (Å²) >= 11 is 7.47. The molecule has 0 amide bonds. The Morgan fingerprint density at radius 3 is 2.40 bits per heavy atom. The summed E-state index contributed by atoms with van der Waals surface area (Å²) in [7, 11) is 0. The molecule has 0 aliphatic carbocycles. The van der Waals surface area contributed by atoms with E-state index in [0.29, 0.717) is 23.5 Å². The third-order valence-corrected chi connectivity index (χ3v) is 6.00. The smallest absolute Gasteiger partial charge is 0.280 e. The van der Waals surface area contributed by atoms with Gasteiger partial charge >= 0.3 is 5.69 Å². The standard InChI is InChI=1S/C19H21ClN2O2S/c1-4-5-10-21-17(23)16-12(2)13(3)25-18(16)22(19(21)24)11-14-6-8-15(20)9-7-14/h6-9H,4-5,10-11H2,1-3H3. The number of unbranched alkanes of at least 4 members (excludes halogenated alkanes) is 1. The van der Waals surface area contributed by atoms with Gasteiger partial charge < -0.3 is 0 Å². The Kier molecular flexibility index (Phi) is 5.16. The average molecular weight is 377 g/mol. The lowest BCUT2D eigenvalue weighted by Crippen LogP contribution is -2.40. The summed E-state index contributed by atoms with van der Waals surface area (Å²) in [5.74, 6) is 0. The number of fused-ring (bicyclic) bond motifs is 1. The molecule has 0 aliphatic heterocycles. The minimum atomic E-state index is -0.234. The van der Waals surface area contributed by atoms with E-state index in [0.717, 1.165) is 33.7 Å². The second-order valence-corrected chi connectivity index (χ2v) is 7.91. The van der Waals surface area contributed by atoms with Crippen molar-refractivity contribution in [1.29, 1.82) is 0 Å². The Hall–Kier alpha value is -1.85. The van der Waals surface area contributed by atoms with Crippen LogP contribution >= 0.6 is 22.9 Å². The first-order valence-electron chi connectivity index (χ1n) is 8.41. The van der Waals surface area contributed by atoms with Crippen molar-refractivity contribution in [3.63, 3.8) is 0 Å². The van der Waals surface area contributed by atoms with Crippen LogP contribution in [-0.4, -0.2) is 9.13 Å². The maximum Gasteiger partial charge on any atom is 0.332 e. The minimum absolute atomic E-state index is 0.164. The van der Waals surface area contributed by atoms with Crippen LogP contribution in [0, 0.1) is 13.8 Å². The molecule has 0 spiro atoms. The van der Waals surface area contributed by atoms with E-state index in [4.69, 9.17) is 11.6 Å². The van der Waals surface area contributed by atoms with Gasteiger partial charge in [-0.3, -0.25) is 13.9 Å². The van der Waals surface area contributed by atoms with Crippen molar-refractivity contribution in [2.75, 3.05) is 0 Å². The quantitative estimate of drug-likeness (QED) is 0.664. The van der Waals surface area contributed by atoms with Gasteiger partial charge in [-0.05, 0) is 43.5 Å². The zero-order valence-electron chi connectivity index (χ0n) is 14.6. The molecule has 132 valence electrons. The lowest BCUT2D eigenvalue weighted by Gasteiger charge is -2.12. The minimum Gasteiger partial charge on any atom is -0.280 e. The fraction of sp³-hybridized carbons (Fsp3) is 0.368. The molecule has 0 bridgehead atoms. The Balaban J connectivity index is 2.25. The lowest BCUT2D eigenvalue weighted by molar-refractivity contribution is 0.559. The van der Waals surface area contributed by atoms with Crippen LogP contribution in [0.5, 0.6) is 0 Å². The Bertz CT molecular complexity index is 1030. The van der Waals surface area contributed by atoms with Gasteiger partial charge in [0.25, 0.3) is 5.56 Å². The molecule has 0 saturated heterocycles. The molecular formula is C19H21ClN2O2S. The van der Waals surface area contributed by atoms with E-state index in [1.165, 1.54) is 15.9 Å². The van der Waals surface area contributed by atoms with Crippen molar-refractivity contribution in [1.82, 2.24) is 9.13 Å². The van der Waals surface area contributed by atoms with Crippen LogP contribution in [0.25, 0.3) is 10.2 Å². The van der Waals surface area contributed by atoms with Crippen LogP contribution in [0.1, 0.15) is 35.8 Å². The summed E-state index contributed by atoms with van der Waals surface area (Å²) in [6.45, 7) is 6.89. The molecule has 0 fully saturated rings. The number of aryl methyl sites for hydroxylation is 2. The highest BCUT2D eigenvalue weighted by Crippen LogP contribution is 2.27. The van der Waals surface area contributed by atoms with Gasteiger partial charge in [0.15, 0.2) is 0 Å². The Morgan fingerprint density at radius 1 is 1.08 bits per heavy atom. The molecule has 2 aromatic heterocycles. The van der Waals surface area contributed by atoms with Crippen LogP contribution < -0.4 is 11.2 Å². The van der Waals surface area contributed by atoms with Crippen LogP contribution in [0.3, 0.4) is 0 Å². The van der Waals surface area contributed by atoms with Gasteiger partial charge in [-0.25, -0.2) is 4.79 Å². The molecule has 0 N–H and O–H groups in total. The molecule has 3 rings (SSSR count). The van der Waals surface area contributed by atoms with E-state index in [9.17, 15) is 9.59 Å². The number of halogens is 1. The molecule has 4 nitrogen and oxygen atoms in total. The molecule has 0 unspecified atom stereocenters. The summed E-state index contributed by atoms with van der Waals surface area (Å²) in [6.07, 6.45) is 1.74. The predicted molar refractivity (Wildman–Crippen MR) is 105 cm³/mol. The topological polar surface area (TPSA) is 44.0 Å². The molecule has 3 aromatic rings. The average Bonchev–Trinajstić information content (AvgIpc) is 2.88. The Morgan fingerprint density at radius 2 is 1.76 bits per heavy atom. The van der Waals surface area contributed by atoms with E-state index in [2.05, 4.69) is 6.92 Å². The summed E-state index contributed by atoms with van der Waals surface area (Å²) in [4.78, 5) is 27.7. The summed E-state index contributed by atoms with van der Waals surface area (Å²) in [5.41, 5.74) is 1.56. The molecule has 2 heterocycles. The van der Waals surface area contributed by atoms with Crippen LogP contribution in [0.15, 0.2) is 33.9 Å². The van der Waals surface area contributed by atoms with E-state index in [1.54, 1.807) is 4.57 Å². The van der Waals surface area contributed by atoms with Crippen molar-refractivity contribution in [2.24, 2.45) is 0 Å². The molecule has 1 aromatic carbocycles. The van der Waals surface area contributed by atoms with E-state index in [1.807, 2.05) is 38.1 Å². The SMILES string of the molecule is CCCCn1c(=O)c2c(C)c(C)sc2n(Cc2ccc(Cl)cc2)c1=O. The van der Waals surface area contributed by atoms with Crippen LogP contribution in [0.2, 0.25) is 5.02 Å². The van der Waals surface area contributed by atoms with E-state index in [-0.39, 0.29) is 11.2 Å². The number of thiophene rings is 1. The van der Waals surface area contributed by atoms with Gasteiger partial charge in [-0.1, -0.05) is 37.1 Å². The maximum atomic E-state index is 13.0. The first-order valence-corrected chi connectivity index (χ1v) is 9.61. The Labute approximate surface area is 155 Å². The molecule has 25 heavy (non-hydrogen) atoms. The second-order valence-electron chi connectivity index (χ2n) is 6.27. The van der Waals surface area contributed by atoms with Gasteiger partial charge in [0.2, 0.25) is 0 Å². The number of hydrogen-bond donors (Lipinski definition) is 0. The fourth-order valence-corrected chi connectivity index (χ4v) is 4.20. The zero-order valence-corrected chi connectivity index (χ0v) is 16.2. The summed E-state index contributed by atoms with van der Waals surface area (Å²) in [5, 5.41) is 1.34. The van der Waals surface area contributed by atoms with Gasteiger partial charge in [0.05, 0.1) is 11.9 Å². The molecule has 0 aliphatic rings. The molecular weight excluding hydrogens is 356 g/mol. The molecule has 6 heteroatoms. The highest BCUT2D eigenvalue weighted by atomic mass is 35.5. The van der Waals surface area contributed by atoms with Crippen molar-refractivity contribution in [3.05, 3.63) is 66.1 Å². The summed E-state index contributed by atoms with van der Waals surface area (Å²) < 4.78 is 3.11. The predicted octanol–water partition coefficient (Wildman–Crippen LogP) is 4.34. The van der Waals surface area contributed by atoms with Crippen molar-refractivity contribution in [3.8, 4) is 0 Å². The van der Waals surface area contributed by atoms with E-state index >= 15 is 0 Å². The lowest BCUT2D eigenvalue weighted by atomic mass is 10.2. The molecule has 0 radical (unpaired) electrons. The first-order chi connectivity index (χ1) is 11.9. The number of nitrogens with zero attached hydrogens (tertiary/aromatic N) is 2. The summed E-state index contributed by atoms with van der Waals surface area (Å²) in [6, 6.07) is 7.46. The van der Waals surface area contributed by atoms with Crippen molar-refractivity contribution < 1.29 is 0 Å². The zero-order chi connectivity index (χ0) is 18.1. The van der Waals surface area contributed by atoms with Crippen LogP contribution in [0.4, 0.5) is 0 Å². The first kappa shape index (κ1) is 18.0. The maximum absolute atomic E-state index is 13.0. The van der Waals surface area contributed by atoms with Gasteiger partial charge in [-0.15, -0.1) is 11.3 Å². The number of aromatic nitrogens is 2. The number of hydrogen-bond acceptors (Lipinski definition) is 3. The van der Waals surface area contributed by atoms with Crippen LogP contribution in [-0.2, 0) is 13.1 Å². The van der Waals surface area contributed by atoms with Gasteiger partial charge in [0, 0.05) is 16.4 Å². The third-order valence-electron chi connectivity index (χ3n) is 4.52. The van der Waals surface area contributed by atoms with Crippen molar-refractivity contribution >= 4 is 33.2 Å². The largest absolute Gasteiger partial charge is 0.332 e. The van der Waals surface area contributed by atoms with Gasteiger partial charge in [-0.2, -0.15) is 0 Å². The highest BCUT2D eigenvalue weighted by molar-refractivity contribution is 7.18. The van der Waals surface area contributed by atoms with E-state index < -0.39 is 0 Å². The number of benzene rings is 1. The molecule has 0 saturated carbocycles. The normalized spacial score (nSPS) is 11.4. The third kappa shape index (κ3) is 3.31. The fourth-order valence-electron chi connectivity index (χ4n) is 2.93. The van der Waals surface area contributed by atoms with Gasteiger partial charge in [0.1, 0.15) is 4.83 Å². The monoisotopic (exact) mass is 376 g/mol. The highest BCUT2D eigenvalue weighted by Gasteiger charge is 2.18.